The third kappa shape index (κ3) is 4.25. The second kappa shape index (κ2) is 7.84. The second-order valence-electron chi connectivity index (χ2n) is 7.80. The van der Waals surface area contributed by atoms with Crippen LogP contribution in [0.4, 0.5) is 0 Å². The van der Waals surface area contributed by atoms with E-state index in [2.05, 4.69) is 84.5 Å². The Balaban J connectivity index is 0.00000205. The van der Waals surface area contributed by atoms with E-state index in [1.54, 1.807) is 0 Å². The van der Waals surface area contributed by atoms with Gasteiger partial charge in [-0.25, -0.2) is 9.97 Å². The van der Waals surface area contributed by atoms with Crippen LogP contribution in [0.3, 0.4) is 0 Å². The third-order valence-electron chi connectivity index (χ3n) is 4.88. The molecule has 2 N–H and O–H groups in total. The van der Waals surface area contributed by atoms with E-state index >= 15 is 0 Å². The second-order valence-corrected chi connectivity index (χ2v) is 7.80. The molecule has 0 atom stereocenters. The number of rotatable bonds is 2. The Hall–Kier alpha value is -2.91. The first-order valence-electron chi connectivity index (χ1n) is 9.68. The summed E-state index contributed by atoms with van der Waals surface area (Å²) in [4.78, 5) is 16.4. The van der Waals surface area contributed by atoms with Gasteiger partial charge in [0.1, 0.15) is 0 Å². The van der Waals surface area contributed by atoms with Crippen molar-refractivity contribution in [3.63, 3.8) is 0 Å². The van der Waals surface area contributed by atoms with Gasteiger partial charge < -0.3 is 9.97 Å². The molecule has 29 heavy (non-hydrogen) atoms. The predicted octanol–water partition coefficient (Wildman–Crippen LogP) is 5.85. The first kappa shape index (κ1) is 19.4. The molecule has 0 spiro atoms. The molecule has 5 rings (SSSR count). The minimum absolute atomic E-state index is 0. The molecule has 0 aliphatic carbocycles. The van der Waals surface area contributed by atoms with Crippen LogP contribution >= 0.6 is 0 Å². The van der Waals surface area contributed by atoms with Crippen LogP contribution in [-0.2, 0) is 22.9 Å². The van der Waals surface area contributed by atoms with E-state index in [4.69, 9.17) is 9.97 Å². The molecule has 8 bridgehead atoms. The molecule has 0 fully saturated rings. The van der Waals surface area contributed by atoms with Gasteiger partial charge in [-0.1, -0.05) is 13.8 Å². The topological polar surface area (TPSA) is 57.4 Å². The van der Waals surface area contributed by atoms with Crippen molar-refractivity contribution in [1.29, 1.82) is 0 Å². The van der Waals surface area contributed by atoms with E-state index in [-0.39, 0.29) is 16.5 Å². The molecule has 4 nitrogen and oxygen atoms in total. The van der Waals surface area contributed by atoms with E-state index in [0.29, 0.717) is 5.92 Å². The standard InChI is InChI=1S/C24H22N4.Ni/c1-15(2)9-16-10-23-13-21-6-5-19(26-21)11-17-3-4-18(25-17)12-20-7-8-22(27-20)14-24(16)28-23;/h3-8,10-15,25,28H,9H2,1-2H3;. The molecule has 0 radical (unpaired) electrons. The molecular formula is C24H22N4Ni. The third-order valence-corrected chi connectivity index (χ3v) is 4.88. The van der Waals surface area contributed by atoms with Gasteiger partial charge in [-0.3, -0.25) is 0 Å². The molecule has 148 valence electrons. The summed E-state index contributed by atoms with van der Waals surface area (Å²) in [7, 11) is 0. The average Bonchev–Trinajstić information content (AvgIpc) is 3.40. The first-order chi connectivity index (χ1) is 13.6. The number of aromatic nitrogens is 4. The molecule has 0 amide bonds. The van der Waals surface area contributed by atoms with Gasteiger partial charge in [0, 0.05) is 38.6 Å². The maximum Gasteiger partial charge on any atom is 0.0658 e. The zero-order valence-electron chi connectivity index (χ0n) is 16.3. The largest absolute Gasteiger partial charge is 0.355 e. The Kier molecular flexibility index (Phi) is 5.25. The van der Waals surface area contributed by atoms with Crippen molar-refractivity contribution in [2.45, 2.75) is 20.3 Å². The van der Waals surface area contributed by atoms with Crippen molar-refractivity contribution in [3.05, 3.63) is 70.8 Å². The maximum atomic E-state index is 4.75. The number of fused-ring (bicyclic) bond motifs is 8. The number of nitrogens with one attached hydrogen (secondary N) is 2. The van der Waals surface area contributed by atoms with Crippen LogP contribution in [0.15, 0.2) is 42.5 Å². The fraction of sp³-hybridized carbons (Fsp3) is 0.167. The summed E-state index contributed by atoms with van der Waals surface area (Å²) in [6, 6.07) is 14.7. The minimum Gasteiger partial charge on any atom is -0.355 e. The van der Waals surface area contributed by atoms with Gasteiger partial charge in [0.2, 0.25) is 0 Å². The quantitative estimate of drug-likeness (QED) is 0.349. The number of hydrogen-bond donors (Lipinski definition) is 2. The van der Waals surface area contributed by atoms with Crippen LogP contribution in [0.2, 0.25) is 0 Å². The van der Waals surface area contributed by atoms with E-state index in [1.165, 1.54) is 5.56 Å². The van der Waals surface area contributed by atoms with Gasteiger partial charge in [0.15, 0.2) is 0 Å². The molecular weight excluding hydrogens is 403 g/mol. The minimum atomic E-state index is 0. The molecule has 0 aromatic carbocycles. The SMILES string of the molecule is CC(C)Cc1cc2cc3nc(cc4ccc(cc5nc(cc1[nH]2)C=C5)[nH]4)C=C3.[Ni]. The average molecular weight is 425 g/mol. The van der Waals surface area contributed by atoms with E-state index < -0.39 is 0 Å². The van der Waals surface area contributed by atoms with Crippen molar-refractivity contribution in [2.24, 2.45) is 5.92 Å². The Morgan fingerprint density at radius 3 is 1.76 bits per heavy atom. The predicted molar refractivity (Wildman–Crippen MR) is 117 cm³/mol. The molecule has 5 heterocycles. The van der Waals surface area contributed by atoms with Gasteiger partial charge in [-0.2, -0.15) is 0 Å². The van der Waals surface area contributed by atoms with Gasteiger partial charge in [0.25, 0.3) is 0 Å². The first-order valence-corrected chi connectivity index (χ1v) is 9.68. The van der Waals surface area contributed by atoms with Crippen LogP contribution in [0.5, 0.6) is 0 Å². The fourth-order valence-corrected chi connectivity index (χ4v) is 3.69. The summed E-state index contributed by atoms with van der Waals surface area (Å²) in [5, 5.41) is 0. The number of nitrogens with zero attached hydrogens (tertiary/aromatic N) is 2. The van der Waals surface area contributed by atoms with Gasteiger partial charge >= 0.3 is 0 Å². The molecule has 3 aromatic heterocycles. The molecule has 2 aliphatic heterocycles. The summed E-state index contributed by atoms with van der Waals surface area (Å²) in [6.45, 7) is 4.49. The van der Waals surface area contributed by atoms with Crippen molar-refractivity contribution in [1.82, 2.24) is 19.9 Å². The van der Waals surface area contributed by atoms with Crippen LogP contribution in [0.1, 0.15) is 42.2 Å². The number of aromatic amines is 2. The summed E-state index contributed by atoms with van der Waals surface area (Å²) in [5.74, 6) is 0.585. The van der Waals surface area contributed by atoms with Crippen molar-refractivity contribution in [3.8, 4) is 0 Å². The summed E-state index contributed by atoms with van der Waals surface area (Å²) < 4.78 is 0. The Bertz CT molecular complexity index is 1270. The molecule has 0 saturated carbocycles. The molecule has 2 aliphatic rings. The van der Waals surface area contributed by atoms with E-state index in [0.717, 1.165) is 51.3 Å². The van der Waals surface area contributed by atoms with Crippen LogP contribution in [0, 0.1) is 5.92 Å². The van der Waals surface area contributed by atoms with Crippen molar-refractivity contribution >= 4 is 46.4 Å². The van der Waals surface area contributed by atoms with Crippen LogP contribution in [-0.4, -0.2) is 19.9 Å². The smallest absolute Gasteiger partial charge is 0.0658 e. The summed E-state index contributed by atoms with van der Waals surface area (Å²) >= 11 is 0. The van der Waals surface area contributed by atoms with Gasteiger partial charge in [-0.15, -0.1) is 0 Å². The van der Waals surface area contributed by atoms with Gasteiger partial charge in [0.05, 0.1) is 22.8 Å². The van der Waals surface area contributed by atoms with Gasteiger partial charge in [-0.05, 0) is 84.7 Å². The number of hydrogen-bond acceptors (Lipinski definition) is 2. The maximum absolute atomic E-state index is 4.75. The molecule has 0 unspecified atom stereocenters. The van der Waals surface area contributed by atoms with Crippen molar-refractivity contribution in [2.75, 3.05) is 0 Å². The molecule has 0 saturated heterocycles. The Morgan fingerprint density at radius 2 is 1.21 bits per heavy atom. The van der Waals surface area contributed by atoms with Crippen LogP contribution < -0.4 is 0 Å². The monoisotopic (exact) mass is 424 g/mol. The summed E-state index contributed by atoms with van der Waals surface area (Å²) in [6.07, 6.45) is 9.24. The zero-order valence-corrected chi connectivity index (χ0v) is 17.3. The summed E-state index contributed by atoms with van der Waals surface area (Å²) in [5.41, 5.74) is 9.37. The van der Waals surface area contributed by atoms with E-state index in [1.807, 2.05) is 6.08 Å². The van der Waals surface area contributed by atoms with E-state index in [9.17, 15) is 0 Å². The van der Waals surface area contributed by atoms with Crippen molar-refractivity contribution < 1.29 is 16.5 Å². The Morgan fingerprint density at radius 1 is 0.690 bits per heavy atom. The van der Waals surface area contributed by atoms with Crippen LogP contribution in [0.25, 0.3) is 46.4 Å². The molecule has 3 aromatic rings. The Labute approximate surface area is 179 Å². The normalized spacial score (nSPS) is 12.4. The molecule has 5 heteroatoms. The zero-order chi connectivity index (χ0) is 19.1. The fourth-order valence-electron chi connectivity index (χ4n) is 3.69. The number of H-pyrrole nitrogens is 2.